The number of anilines is 1. The summed E-state index contributed by atoms with van der Waals surface area (Å²) in [7, 11) is 0. The Bertz CT molecular complexity index is 406. The van der Waals surface area contributed by atoms with E-state index in [-0.39, 0.29) is 17.2 Å². The average Bonchev–Trinajstić information content (AvgIpc) is 2.20. The van der Waals surface area contributed by atoms with Crippen LogP contribution in [0.25, 0.3) is 0 Å². The Labute approximate surface area is 90.8 Å². The third kappa shape index (κ3) is 2.85. The molecule has 0 atom stereocenters. The van der Waals surface area contributed by atoms with Gasteiger partial charge in [0.2, 0.25) is 5.91 Å². The van der Waals surface area contributed by atoms with Crippen molar-refractivity contribution in [2.24, 2.45) is 5.73 Å². The van der Waals surface area contributed by atoms with E-state index in [0.29, 0.717) is 5.69 Å². The second kappa shape index (κ2) is 4.65. The number of primary amides is 1. The van der Waals surface area contributed by atoms with E-state index in [2.05, 4.69) is 5.32 Å². The highest BCUT2D eigenvalue weighted by Crippen LogP contribution is 2.20. The van der Waals surface area contributed by atoms with E-state index in [1.54, 1.807) is 0 Å². The number of aromatic hydroxyl groups is 1. The summed E-state index contributed by atoms with van der Waals surface area (Å²) in [6.07, 6.45) is 0. The first-order valence-electron chi connectivity index (χ1n) is 4.03. The molecule has 1 rings (SSSR count). The predicted molar refractivity (Wildman–Crippen MR) is 56.0 cm³/mol. The van der Waals surface area contributed by atoms with Crippen LogP contribution >= 0.6 is 11.6 Å². The number of hydrogen-bond acceptors (Lipinski definition) is 3. The highest BCUT2D eigenvalue weighted by Gasteiger charge is 2.09. The number of phenols is 1. The van der Waals surface area contributed by atoms with E-state index in [4.69, 9.17) is 17.3 Å². The molecule has 0 aromatic heterocycles. The van der Waals surface area contributed by atoms with Crippen LogP contribution < -0.4 is 11.1 Å². The quantitative estimate of drug-likeness (QED) is 0.524. The SMILES string of the molecule is NC(=O)c1cc(NC(=O)CCl)ccc1O. The molecule has 15 heavy (non-hydrogen) atoms. The first kappa shape index (κ1) is 11.3. The zero-order valence-electron chi connectivity index (χ0n) is 7.66. The van der Waals surface area contributed by atoms with Gasteiger partial charge in [0.05, 0.1) is 5.56 Å². The minimum atomic E-state index is -0.769. The summed E-state index contributed by atoms with van der Waals surface area (Å²) in [5.41, 5.74) is 5.31. The number of hydrogen-bond donors (Lipinski definition) is 3. The Hall–Kier alpha value is -1.75. The van der Waals surface area contributed by atoms with Gasteiger partial charge in [-0.15, -0.1) is 11.6 Å². The number of amides is 2. The Kier molecular flexibility index (Phi) is 3.51. The summed E-state index contributed by atoms with van der Waals surface area (Å²) in [4.78, 5) is 21.8. The summed E-state index contributed by atoms with van der Waals surface area (Å²) < 4.78 is 0. The van der Waals surface area contributed by atoms with Crippen LogP contribution in [-0.4, -0.2) is 22.8 Å². The largest absolute Gasteiger partial charge is 0.507 e. The van der Waals surface area contributed by atoms with Crippen molar-refractivity contribution >= 4 is 29.1 Å². The summed E-state index contributed by atoms with van der Waals surface area (Å²) in [6.45, 7) is 0. The van der Waals surface area contributed by atoms with Crippen molar-refractivity contribution in [3.63, 3.8) is 0 Å². The van der Waals surface area contributed by atoms with Crippen LogP contribution in [0.2, 0.25) is 0 Å². The summed E-state index contributed by atoms with van der Waals surface area (Å²) >= 11 is 5.28. The number of nitrogens with one attached hydrogen (secondary N) is 1. The van der Waals surface area contributed by atoms with Crippen molar-refractivity contribution < 1.29 is 14.7 Å². The third-order valence-corrected chi connectivity index (χ3v) is 1.91. The molecule has 0 fully saturated rings. The molecule has 0 aliphatic carbocycles. The molecule has 0 aliphatic heterocycles. The highest BCUT2D eigenvalue weighted by molar-refractivity contribution is 6.29. The third-order valence-electron chi connectivity index (χ3n) is 1.67. The van der Waals surface area contributed by atoms with Crippen molar-refractivity contribution in [3.8, 4) is 5.75 Å². The molecule has 6 heteroatoms. The Morgan fingerprint density at radius 1 is 1.47 bits per heavy atom. The van der Waals surface area contributed by atoms with Crippen molar-refractivity contribution in [2.75, 3.05) is 11.2 Å². The predicted octanol–water partition coefficient (Wildman–Crippen LogP) is 0.668. The number of nitrogens with two attached hydrogens (primary N) is 1. The normalized spacial score (nSPS) is 9.67. The molecular formula is C9H9ClN2O3. The van der Waals surface area contributed by atoms with Gasteiger partial charge in [-0.3, -0.25) is 9.59 Å². The van der Waals surface area contributed by atoms with Crippen LogP contribution in [0.4, 0.5) is 5.69 Å². The van der Waals surface area contributed by atoms with E-state index in [0.717, 1.165) is 0 Å². The molecule has 0 bridgehead atoms. The molecule has 4 N–H and O–H groups in total. The van der Waals surface area contributed by atoms with E-state index in [1.165, 1.54) is 18.2 Å². The molecule has 0 aliphatic rings. The maximum absolute atomic E-state index is 10.9. The van der Waals surface area contributed by atoms with Crippen LogP contribution in [0.15, 0.2) is 18.2 Å². The molecule has 0 spiro atoms. The lowest BCUT2D eigenvalue weighted by atomic mass is 10.1. The minimum Gasteiger partial charge on any atom is -0.507 e. The Morgan fingerprint density at radius 3 is 2.67 bits per heavy atom. The molecule has 5 nitrogen and oxygen atoms in total. The van der Waals surface area contributed by atoms with Gasteiger partial charge < -0.3 is 16.2 Å². The number of carbonyl (C=O) groups is 2. The van der Waals surface area contributed by atoms with Gasteiger partial charge in [-0.1, -0.05) is 0 Å². The van der Waals surface area contributed by atoms with Gasteiger partial charge in [-0.2, -0.15) is 0 Å². The van der Waals surface area contributed by atoms with E-state index >= 15 is 0 Å². The summed E-state index contributed by atoms with van der Waals surface area (Å²) in [5, 5.41) is 11.7. The van der Waals surface area contributed by atoms with Gasteiger partial charge in [0.15, 0.2) is 0 Å². The molecule has 2 amide bonds. The lowest BCUT2D eigenvalue weighted by molar-refractivity contribution is -0.113. The van der Waals surface area contributed by atoms with Crippen LogP contribution in [0.3, 0.4) is 0 Å². The van der Waals surface area contributed by atoms with Crippen molar-refractivity contribution in [1.82, 2.24) is 0 Å². The van der Waals surface area contributed by atoms with Gasteiger partial charge in [0, 0.05) is 5.69 Å². The van der Waals surface area contributed by atoms with Gasteiger partial charge in [0.25, 0.3) is 5.91 Å². The molecule has 1 aromatic carbocycles. The first-order chi connectivity index (χ1) is 7.04. The zero-order valence-corrected chi connectivity index (χ0v) is 8.41. The topological polar surface area (TPSA) is 92.4 Å². The van der Waals surface area contributed by atoms with E-state index < -0.39 is 11.8 Å². The second-order valence-corrected chi connectivity index (χ2v) is 3.05. The molecule has 0 saturated carbocycles. The monoisotopic (exact) mass is 228 g/mol. The highest BCUT2D eigenvalue weighted by atomic mass is 35.5. The molecule has 0 unspecified atom stereocenters. The fourth-order valence-electron chi connectivity index (χ4n) is 1.01. The molecule has 0 heterocycles. The van der Waals surface area contributed by atoms with Crippen LogP contribution in [0, 0.1) is 0 Å². The van der Waals surface area contributed by atoms with Crippen molar-refractivity contribution in [1.29, 1.82) is 0 Å². The standard InChI is InChI=1S/C9H9ClN2O3/c10-4-8(14)12-5-1-2-7(13)6(3-5)9(11)15/h1-3,13H,4H2,(H2,11,15)(H,12,14). The smallest absolute Gasteiger partial charge is 0.252 e. The van der Waals surface area contributed by atoms with Crippen LogP contribution in [0.1, 0.15) is 10.4 Å². The lowest BCUT2D eigenvalue weighted by Gasteiger charge is -2.05. The molecular weight excluding hydrogens is 220 g/mol. The lowest BCUT2D eigenvalue weighted by Crippen LogP contribution is -2.15. The number of carbonyl (C=O) groups excluding carboxylic acids is 2. The average molecular weight is 229 g/mol. The Morgan fingerprint density at radius 2 is 2.13 bits per heavy atom. The first-order valence-corrected chi connectivity index (χ1v) is 4.56. The maximum atomic E-state index is 10.9. The Balaban J connectivity index is 2.97. The number of benzene rings is 1. The molecule has 1 aromatic rings. The number of halogens is 1. The van der Waals surface area contributed by atoms with Gasteiger partial charge in [-0.05, 0) is 18.2 Å². The number of alkyl halides is 1. The molecule has 0 radical (unpaired) electrons. The van der Waals surface area contributed by atoms with Gasteiger partial charge in [0.1, 0.15) is 11.6 Å². The van der Waals surface area contributed by atoms with Crippen molar-refractivity contribution in [3.05, 3.63) is 23.8 Å². The van der Waals surface area contributed by atoms with Crippen LogP contribution in [-0.2, 0) is 4.79 Å². The second-order valence-electron chi connectivity index (χ2n) is 2.78. The zero-order chi connectivity index (χ0) is 11.4. The fourth-order valence-corrected chi connectivity index (χ4v) is 1.07. The van der Waals surface area contributed by atoms with Gasteiger partial charge in [-0.25, -0.2) is 0 Å². The fraction of sp³-hybridized carbons (Fsp3) is 0.111. The maximum Gasteiger partial charge on any atom is 0.252 e. The van der Waals surface area contributed by atoms with E-state index in [1.807, 2.05) is 0 Å². The number of rotatable bonds is 3. The summed E-state index contributed by atoms with van der Waals surface area (Å²) in [5.74, 6) is -1.59. The minimum absolute atomic E-state index is 0.0534. The van der Waals surface area contributed by atoms with E-state index in [9.17, 15) is 14.7 Å². The molecule has 80 valence electrons. The molecule has 0 saturated heterocycles. The van der Waals surface area contributed by atoms with Crippen molar-refractivity contribution in [2.45, 2.75) is 0 Å². The van der Waals surface area contributed by atoms with Crippen LogP contribution in [0.5, 0.6) is 5.75 Å². The summed E-state index contributed by atoms with van der Waals surface area (Å²) in [6, 6.07) is 3.98. The van der Waals surface area contributed by atoms with Gasteiger partial charge >= 0.3 is 0 Å².